The van der Waals surface area contributed by atoms with E-state index in [1.165, 1.54) is 6.42 Å². The summed E-state index contributed by atoms with van der Waals surface area (Å²) in [6, 6.07) is -0.223. The summed E-state index contributed by atoms with van der Waals surface area (Å²) in [6.45, 7) is 0. The van der Waals surface area contributed by atoms with Crippen LogP contribution in [0.3, 0.4) is 0 Å². The maximum absolute atomic E-state index is 10.2. The Labute approximate surface area is 82.6 Å². The minimum absolute atomic E-state index is 0. The summed E-state index contributed by atoms with van der Waals surface area (Å²) in [5.41, 5.74) is 0. The second-order valence-corrected chi connectivity index (χ2v) is 2.58. The van der Waals surface area contributed by atoms with E-state index in [0.29, 0.717) is 0 Å². The van der Waals surface area contributed by atoms with Gasteiger partial charge in [0.1, 0.15) is 0 Å². The molecule has 3 nitrogen and oxygen atoms in total. The summed E-state index contributed by atoms with van der Waals surface area (Å²) in [6.07, 6.45) is 4.88. The molecule has 0 unspecified atom stereocenters. The quantitative estimate of drug-likeness (QED) is 0.322. The van der Waals surface area contributed by atoms with E-state index in [-0.39, 0.29) is 40.5 Å². The van der Waals surface area contributed by atoms with Crippen molar-refractivity contribution in [2.75, 3.05) is 0 Å². The van der Waals surface area contributed by atoms with Crippen molar-refractivity contribution in [3.8, 4) is 0 Å². The molecule has 0 aliphatic heterocycles. The zero-order chi connectivity index (χ0) is 6.69. The summed E-state index contributed by atoms with van der Waals surface area (Å²) in [5, 5.41) is 10.2. The molecule has 0 atom stereocenters. The van der Waals surface area contributed by atoms with Gasteiger partial charge in [-0.1, -0.05) is 6.42 Å². The molecule has 0 aromatic rings. The molecule has 0 N–H and O–H groups in total. The van der Waals surface area contributed by atoms with Gasteiger partial charge in [-0.3, -0.25) is 10.1 Å². The van der Waals surface area contributed by atoms with Crippen LogP contribution in [0, 0.1) is 10.1 Å². The predicted octanol–water partition coefficient (Wildman–Crippen LogP) is 1.21. The Morgan fingerprint density at radius 1 is 1.20 bits per heavy atom. The fraction of sp³-hybridized carbons (Fsp3) is 1.00. The van der Waals surface area contributed by atoms with Gasteiger partial charge in [0, 0.05) is 47.3 Å². The fourth-order valence-electron chi connectivity index (χ4n) is 1.29. The molecule has 1 aliphatic carbocycles. The van der Waals surface area contributed by atoms with Gasteiger partial charge in [0.25, 0.3) is 0 Å². The molecule has 1 radical (unpaired) electrons. The van der Waals surface area contributed by atoms with Crippen molar-refractivity contribution in [3.63, 3.8) is 0 Å². The minimum atomic E-state index is -0.223. The van der Waals surface area contributed by atoms with Gasteiger partial charge in [0.2, 0.25) is 6.04 Å². The largest absolute Gasteiger partial charge is 0.264 e. The van der Waals surface area contributed by atoms with E-state index in [1.54, 1.807) is 0 Å². The molecule has 4 heteroatoms. The van der Waals surface area contributed by atoms with Crippen molar-refractivity contribution in [2.45, 2.75) is 38.1 Å². The maximum Gasteiger partial charge on any atom is 0.213 e. The zero-order valence-electron chi connectivity index (χ0n) is 6.38. The molecule has 1 fully saturated rings. The number of hydrogen-bond acceptors (Lipinski definition) is 2. The third kappa shape index (κ3) is 2.99. The summed E-state index contributed by atoms with van der Waals surface area (Å²) < 4.78 is 0. The Bertz CT molecular complexity index is 112. The Hall–Kier alpha value is 0.400. The molecule has 1 aliphatic rings. The van der Waals surface area contributed by atoms with Crippen LogP contribution in [0.25, 0.3) is 0 Å². The molecular weight excluding hydrogens is 141 g/mol. The molecule has 1 saturated carbocycles. The van der Waals surface area contributed by atoms with Crippen LogP contribution >= 0.6 is 0 Å². The summed E-state index contributed by atoms with van der Waals surface area (Å²) >= 11 is 0. The molecule has 0 bridgehead atoms. The first-order chi connectivity index (χ1) is 4.30. The van der Waals surface area contributed by atoms with Crippen LogP contribution in [0.2, 0.25) is 0 Å². The second-order valence-electron chi connectivity index (χ2n) is 2.58. The van der Waals surface area contributed by atoms with Crippen molar-refractivity contribution < 1.29 is 4.92 Å². The minimum Gasteiger partial charge on any atom is -0.264 e. The third-order valence-corrected chi connectivity index (χ3v) is 1.87. The van der Waals surface area contributed by atoms with Crippen LogP contribution in [0.5, 0.6) is 0 Å². The predicted molar refractivity (Wildman–Crippen MR) is 39.6 cm³/mol. The van der Waals surface area contributed by atoms with E-state index in [9.17, 15) is 10.1 Å². The van der Waals surface area contributed by atoms with Crippen LogP contribution in [0.15, 0.2) is 0 Å². The Morgan fingerprint density at radius 3 is 2.00 bits per heavy atom. The number of nitro groups is 1. The average Bonchev–Trinajstić information content (AvgIpc) is 1.90. The molecule has 1 rings (SSSR count). The first kappa shape index (κ1) is 10.4. The van der Waals surface area contributed by atoms with Crippen LogP contribution in [0.4, 0.5) is 0 Å². The molecule has 0 heterocycles. The van der Waals surface area contributed by atoms with Crippen molar-refractivity contribution in [2.24, 2.45) is 0 Å². The van der Waals surface area contributed by atoms with Crippen molar-refractivity contribution in [3.05, 3.63) is 10.1 Å². The molecule has 0 aromatic heterocycles. The van der Waals surface area contributed by atoms with Crippen molar-refractivity contribution in [1.29, 1.82) is 0 Å². The molecule has 0 aromatic carbocycles. The van der Waals surface area contributed by atoms with E-state index < -0.39 is 0 Å². The smallest absolute Gasteiger partial charge is 0.213 e. The second kappa shape index (κ2) is 5.10. The monoisotopic (exact) mass is 152 g/mol. The molecule has 10 heavy (non-hydrogen) atoms. The van der Waals surface area contributed by atoms with Crippen LogP contribution in [0.1, 0.15) is 32.1 Å². The first-order valence-corrected chi connectivity index (χ1v) is 3.44. The van der Waals surface area contributed by atoms with Crippen LogP contribution in [-0.2, 0) is 0 Å². The summed E-state index contributed by atoms with van der Waals surface area (Å²) in [7, 11) is 0. The van der Waals surface area contributed by atoms with Crippen molar-refractivity contribution >= 4 is 29.6 Å². The van der Waals surface area contributed by atoms with Crippen molar-refractivity contribution in [1.82, 2.24) is 0 Å². The van der Waals surface area contributed by atoms with E-state index in [4.69, 9.17) is 0 Å². The zero-order valence-corrected chi connectivity index (χ0v) is 8.38. The van der Waals surface area contributed by atoms with Gasteiger partial charge in [0.05, 0.1) is 0 Å². The van der Waals surface area contributed by atoms with E-state index in [0.717, 1.165) is 25.7 Å². The van der Waals surface area contributed by atoms with Gasteiger partial charge in [0.15, 0.2) is 0 Å². The molecular formula is C6H11NNaO2. The standard InChI is InChI=1S/C6H11NO2.Na/c8-7(9)6-4-2-1-3-5-6;/h6H,1-5H2;. The summed E-state index contributed by atoms with van der Waals surface area (Å²) in [5.74, 6) is 0. The van der Waals surface area contributed by atoms with Crippen LogP contribution < -0.4 is 0 Å². The average molecular weight is 152 g/mol. The Kier molecular flexibility index (Phi) is 5.31. The van der Waals surface area contributed by atoms with E-state index in [1.807, 2.05) is 0 Å². The molecule has 0 amide bonds. The van der Waals surface area contributed by atoms with Crippen LogP contribution in [-0.4, -0.2) is 40.5 Å². The normalized spacial score (nSPS) is 19.6. The first-order valence-electron chi connectivity index (χ1n) is 3.44. The molecule has 0 saturated heterocycles. The molecule has 0 spiro atoms. The number of rotatable bonds is 1. The van der Waals surface area contributed by atoms with Gasteiger partial charge >= 0.3 is 0 Å². The Balaban J connectivity index is 0.000000810. The van der Waals surface area contributed by atoms with Gasteiger partial charge < -0.3 is 0 Å². The third-order valence-electron chi connectivity index (χ3n) is 1.87. The van der Waals surface area contributed by atoms with Gasteiger partial charge in [-0.15, -0.1) is 0 Å². The SMILES string of the molecule is O=[N+]([O-])C1CCCCC1.[Na]. The van der Waals surface area contributed by atoms with Gasteiger partial charge in [-0.05, 0) is 12.8 Å². The van der Waals surface area contributed by atoms with Gasteiger partial charge in [-0.25, -0.2) is 0 Å². The maximum atomic E-state index is 10.2. The van der Waals surface area contributed by atoms with E-state index >= 15 is 0 Å². The topological polar surface area (TPSA) is 43.1 Å². The van der Waals surface area contributed by atoms with Gasteiger partial charge in [-0.2, -0.15) is 0 Å². The van der Waals surface area contributed by atoms with E-state index in [2.05, 4.69) is 0 Å². The summed E-state index contributed by atoms with van der Waals surface area (Å²) in [4.78, 5) is 10.0. The fourth-order valence-corrected chi connectivity index (χ4v) is 1.29. The number of nitrogens with zero attached hydrogens (tertiary/aromatic N) is 1. The Morgan fingerprint density at radius 2 is 1.70 bits per heavy atom. The molecule has 53 valence electrons. The number of hydrogen-bond donors (Lipinski definition) is 0.